The highest BCUT2D eigenvalue weighted by atomic mass is 16.5. The standard InChI is InChI=1S/C21H22N2O5/c1-5-27-21(25)19-13(2)20(23-14(19)3)16(24)8-6-15-7-9-17(28-11-10-22)18(12-15)26-4/h6-9,12,23H,5,11H2,1-4H3/b8-6+. The maximum absolute atomic E-state index is 12.6. The van der Waals surface area contributed by atoms with E-state index in [0.717, 1.165) is 5.56 Å². The predicted molar refractivity (Wildman–Crippen MR) is 104 cm³/mol. The Kier molecular flexibility index (Phi) is 6.99. The summed E-state index contributed by atoms with van der Waals surface area (Å²) in [5.41, 5.74) is 2.61. The number of ketones is 1. The van der Waals surface area contributed by atoms with Crippen molar-refractivity contribution in [3.05, 3.63) is 52.4 Å². The average Bonchev–Trinajstić information content (AvgIpc) is 2.99. The summed E-state index contributed by atoms with van der Waals surface area (Å²) >= 11 is 0. The Balaban J connectivity index is 2.23. The van der Waals surface area contributed by atoms with Gasteiger partial charge in [0.1, 0.15) is 6.07 Å². The number of aromatic amines is 1. The molecule has 0 fully saturated rings. The molecule has 1 N–H and O–H groups in total. The topological polar surface area (TPSA) is 101 Å². The molecule has 1 aromatic carbocycles. The zero-order chi connectivity index (χ0) is 20.7. The number of esters is 1. The van der Waals surface area contributed by atoms with E-state index in [4.69, 9.17) is 19.5 Å². The molecule has 2 rings (SSSR count). The van der Waals surface area contributed by atoms with Gasteiger partial charge in [-0.2, -0.15) is 5.26 Å². The number of carbonyl (C=O) groups excluding carboxylic acids is 2. The fraction of sp³-hybridized carbons (Fsp3) is 0.286. The Hall–Kier alpha value is -3.53. The minimum atomic E-state index is -0.450. The predicted octanol–water partition coefficient (Wildman–Crippen LogP) is 3.62. The summed E-state index contributed by atoms with van der Waals surface area (Å²) in [6.07, 6.45) is 3.05. The van der Waals surface area contributed by atoms with Gasteiger partial charge >= 0.3 is 5.97 Å². The Morgan fingerprint density at radius 3 is 2.64 bits per heavy atom. The summed E-state index contributed by atoms with van der Waals surface area (Å²) in [4.78, 5) is 27.6. The fourth-order valence-corrected chi connectivity index (χ4v) is 2.78. The van der Waals surface area contributed by atoms with E-state index >= 15 is 0 Å². The highest BCUT2D eigenvalue weighted by molar-refractivity contribution is 6.08. The van der Waals surface area contributed by atoms with Crippen LogP contribution >= 0.6 is 0 Å². The van der Waals surface area contributed by atoms with Crippen molar-refractivity contribution >= 4 is 17.8 Å². The van der Waals surface area contributed by atoms with Crippen LogP contribution in [0.2, 0.25) is 0 Å². The van der Waals surface area contributed by atoms with E-state index in [-0.39, 0.29) is 19.0 Å². The van der Waals surface area contributed by atoms with Crippen molar-refractivity contribution in [3.8, 4) is 17.6 Å². The molecule has 2 aromatic rings. The Labute approximate surface area is 163 Å². The Bertz CT molecular complexity index is 950. The molecule has 0 aliphatic rings. The van der Waals surface area contributed by atoms with Gasteiger partial charge in [-0.1, -0.05) is 12.1 Å². The zero-order valence-electron chi connectivity index (χ0n) is 16.3. The third-order valence-electron chi connectivity index (χ3n) is 4.07. The first-order valence-corrected chi connectivity index (χ1v) is 8.69. The van der Waals surface area contributed by atoms with E-state index in [0.29, 0.717) is 34.0 Å². The number of nitriles is 1. The summed E-state index contributed by atoms with van der Waals surface area (Å²) in [5, 5.41) is 8.61. The third-order valence-corrected chi connectivity index (χ3v) is 4.07. The molecule has 0 unspecified atom stereocenters. The minimum Gasteiger partial charge on any atom is -0.493 e. The minimum absolute atomic E-state index is 0.0850. The summed E-state index contributed by atoms with van der Waals surface area (Å²) in [6, 6.07) is 7.01. The summed E-state index contributed by atoms with van der Waals surface area (Å²) in [6.45, 7) is 5.35. The first kappa shape index (κ1) is 20.8. The van der Waals surface area contributed by atoms with Crippen molar-refractivity contribution in [3.63, 3.8) is 0 Å². The van der Waals surface area contributed by atoms with Crippen LogP contribution in [0.5, 0.6) is 11.5 Å². The average molecular weight is 382 g/mol. The molecule has 1 aromatic heterocycles. The number of hydrogen-bond donors (Lipinski definition) is 1. The molecule has 1 heterocycles. The van der Waals surface area contributed by atoms with Gasteiger partial charge in [0.05, 0.1) is 25.0 Å². The van der Waals surface area contributed by atoms with Gasteiger partial charge in [-0.05, 0) is 50.1 Å². The molecule has 0 bridgehead atoms. The number of aromatic nitrogens is 1. The molecule has 0 spiro atoms. The molecule has 0 aliphatic carbocycles. The highest BCUT2D eigenvalue weighted by Gasteiger charge is 2.21. The molecule has 28 heavy (non-hydrogen) atoms. The Morgan fingerprint density at radius 1 is 1.25 bits per heavy atom. The number of carbonyl (C=O) groups is 2. The van der Waals surface area contributed by atoms with Gasteiger partial charge in [-0.15, -0.1) is 0 Å². The van der Waals surface area contributed by atoms with Crippen LogP contribution < -0.4 is 9.47 Å². The molecule has 0 atom stereocenters. The van der Waals surface area contributed by atoms with Crippen LogP contribution in [0.15, 0.2) is 24.3 Å². The van der Waals surface area contributed by atoms with Crippen molar-refractivity contribution in [2.24, 2.45) is 0 Å². The number of nitrogens with zero attached hydrogens (tertiary/aromatic N) is 1. The van der Waals surface area contributed by atoms with Gasteiger partial charge in [0.2, 0.25) is 5.78 Å². The first-order chi connectivity index (χ1) is 13.4. The lowest BCUT2D eigenvalue weighted by molar-refractivity contribution is 0.0525. The number of nitrogens with one attached hydrogen (secondary N) is 1. The van der Waals surface area contributed by atoms with E-state index in [2.05, 4.69) is 4.98 Å². The molecule has 0 amide bonds. The lowest BCUT2D eigenvalue weighted by Gasteiger charge is -2.08. The van der Waals surface area contributed by atoms with Crippen molar-refractivity contribution in [1.82, 2.24) is 4.98 Å². The van der Waals surface area contributed by atoms with Crippen molar-refractivity contribution in [2.45, 2.75) is 20.8 Å². The van der Waals surface area contributed by atoms with Crippen LogP contribution in [-0.4, -0.2) is 37.1 Å². The third kappa shape index (κ3) is 4.60. The number of rotatable bonds is 8. The van der Waals surface area contributed by atoms with Crippen LogP contribution in [-0.2, 0) is 4.74 Å². The monoisotopic (exact) mass is 382 g/mol. The van der Waals surface area contributed by atoms with Crippen LogP contribution in [0.4, 0.5) is 0 Å². The van der Waals surface area contributed by atoms with Crippen LogP contribution in [0.3, 0.4) is 0 Å². The van der Waals surface area contributed by atoms with Gasteiger partial charge in [0, 0.05) is 5.69 Å². The molecule has 0 radical (unpaired) electrons. The quantitative estimate of drug-likeness (QED) is 0.425. The summed E-state index contributed by atoms with van der Waals surface area (Å²) in [5.74, 6) is 0.193. The highest BCUT2D eigenvalue weighted by Crippen LogP contribution is 2.28. The number of allylic oxidation sites excluding steroid dienone is 1. The molecule has 7 nitrogen and oxygen atoms in total. The summed E-state index contributed by atoms with van der Waals surface area (Å²) in [7, 11) is 1.50. The second-order valence-corrected chi connectivity index (χ2v) is 5.90. The van der Waals surface area contributed by atoms with Gasteiger partial charge in [-0.3, -0.25) is 4.79 Å². The molecular formula is C21H22N2O5. The number of hydrogen-bond acceptors (Lipinski definition) is 6. The first-order valence-electron chi connectivity index (χ1n) is 8.69. The number of methoxy groups -OCH3 is 1. The van der Waals surface area contributed by atoms with Crippen molar-refractivity contribution in [2.75, 3.05) is 20.3 Å². The van der Waals surface area contributed by atoms with Crippen LogP contribution in [0, 0.1) is 25.2 Å². The second kappa shape index (κ2) is 9.42. The Morgan fingerprint density at radius 2 is 2.00 bits per heavy atom. The maximum atomic E-state index is 12.6. The summed E-state index contributed by atoms with van der Waals surface area (Å²) < 4.78 is 15.6. The van der Waals surface area contributed by atoms with Crippen molar-refractivity contribution in [1.29, 1.82) is 5.26 Å². The van der Waals surface area contributed by atoms with E-state index < -0.39 is 5.97 Å². The van der Waals surface area contributed by atoms with E-state index in [1.165, 1.54) is 13.2 Å². The number of aryl methyl sites for hydroxylation is 1. The van der Waals surface area contributed by atoms with Gasteiger partial charge in [-0.25, -0.2) is 4.79 Å². The molecule has 7 heteroatoms. The van der Waals surface area contributed by atoms with Gasteiger partial charge in [0.25, 0.3) is 0 Å². The van der Waals surface area contributed by atoms with Gasteiger partial charge in [0.15, 0.2) is 18.1 Å². The molecule has 0 saturated carbocycles. The number of H-pyrrole nitrogens is 1. The van der Waals surface area contributed by atoms with E-state index in [9.17, 15) is 9.59 Å². The number of ether oxygens (including phenoxy) is 3. The molecular weight excluding hydrogens is 360 g/mol. The number of benzene rings is 1. The fourth-order valence-electron chi connectivity index (χ4n) is 2.78. The smallest absolute Gasteiger partial charge is 0.340 e. The second-order valence-electron chi connectivity index (χ2n) is 5.90. The van der Waals surface area contributed by atoms with Crippen LogP contribution in [0.1, 0.15) is 44.6 Å². The lowest BCUT2D eigenvalue weighted by Crippen LogP contribution is -2.07. The van der Waals surface area contributed by atoms with Crippen LogP contribution in [0.25, 0.3) is 6.08 Å². The zero-order valence-corrected chi connectivity index (χ0v) is 16.3. The van der Waals surface area contributed by atoms with E-state index in [1.54, 1.807) is 45.0 Å². The van der Waals surface area contributed by atoms with E-state index in [1.807, 2.05) is 6.07 Å². The van der Waals surface area contributed by atoms with Crippen molar-refractivity contribution < 1.29 is 23.8 Å². The molecule has 0 saturated heterocycles. The molecule has 146 valence electrons. The SMILES string of the molecule is CCOC(=O)c1c(C)[nH]c(C(=O)/C=C/c2ccc(OCC#N)c(OC)c2)c1C. The van der Waals surface area contributed by atoms with Gasteiger partial charge < -0.3 is 19.2 Å². The normalized spacial score (nSPS) is 10.5. The maximum Gasteiger partial charge on any atom is 0.340 e. The molecule has 0 aliphatic heterocycles. The largest absolute Gasteiger partial charge is 0.493 e. The lowest BCUT2D eigenvalue weighted by atomic mass is 10.1.